The van der Waals surface area contributed by atoms with Crippen LogP contribution in [0.25, 0.3) is 17.1 Å². The maximum Gasteiger partial charge on any atom is 0.175 e. The molecule has 0 fully saturated rings. The Kier molecular flexibility index (Phi) is 4.15. The molecule has 0 unspecified atom stereocenters. The number of aryl methyl sites for hydroxylation is 1. The van der Waals surface area contributed by atoms with Crippen molar-refractivity contribution in [2.24, 2.45) is 0 Å². The molecule has 0 radical (unpaired) electrons. The molecule has 0 bridgehead atoms. The molecule has 26 heavy (non-hydrogen) atoms. The predicted molar refractivity (Wildman–Crippen MR) is 98.7 cm³/mol. The Hall–Kier alpha value is -2.47. The summed E-state index contributed by atoms with van der Waals surface area (Å²) in [5, 5.41) is 0. The minimum Gasteiger partial charge on any atom is -0.296 e. The molecule has 4 nitrogen and oxygen atoms in total. The van der Waals surface area contributed by atoms with Gasteiger partial charge in [0.1, 0.15) is 11.6 Å². The fraction of sp³-hybridized carbons (Fsp3) is 0.250. The second-order valence-corrected chi connectivity index (χ2v) is 8.66. The molecule has 1 heterocycles. The van der Waals surface area contributed by atoms with Gasteiger partial charge in [0.25, 0.3) is 0 Å². The van der Waals surface area contributed by atoms with Gasteiger partial charge in [0.2, 0.25) is 0 Å². The number of aromatic nitrogens is 2. The van der Waals surface area contributed by atoms with Gasteiger partial charge in [-0.25, -0.2) is 17.8 Å². The van der Waals surface area contributed by atoms with Crippen molar-refractivity contribution in [3.05, 3.63) is 65.7 Å². The van der Waals surface area contributed by atoms with Gasteiger partial charge >= 0.3 is 0 Å². The van der Waals surface area contributed by atoms with Crippen molar-refractivity contribution in [1.82, 2.24) is 9.55 Å². The largest absolute Gasteiger partial charge is 0.296 e. The highest BCUT2D eigenvalue weighted by Crippen LogP contribution is 2.31. The van der Waals surface area contributed by atoms with Crippen molar-refractivity contribution in [3.63, 3.8) is 0 Å². The Bertz CT molecular complexity index is 1050. The monoisotopic (exact) mass is 370 g/mol. The van der Waals surface area contributed by atoms with Gasteiger partial charge in [-0.15, -0.1) is 0 Å². The highest BCUT2D eigenvalue weighted by atomic mass is 32.2. The average Bonchev–Trinajstić information content (AvgIpc) is 3.01. The Labute approximate surface area is 152 Å². The Morgan fingerprint density at radius 3 is 2.27 bits per heavy atom. The summed E-state index contributed by atoms with van der Waals surface area (Å²) in [4.78, 5) is 5.11. The molecule has 0 aliphatic heterocycles. The third-order valence-electron chi connectivity index (χ3n) is 4.76. The lowest BCUT2D eigenvalue weighted by molar-refractivity contribution is 0.602. The number of sulfone groups is 1. The first-order valence-corrected chi connectivity index (χ1v) is 10.5. The summed E-state index contributed by atoms with van der Waals surface area (Å²) in [5.41, 5.74) is 3.94. The second kappa shape index (κ2) is 6.36. The number of halogens is 1. The molecule has 134 valence electrons. The van der Waals surface area contributed by atoms with E-state index in [0.717, 1.165) is 54.1 Å². The van der Waals surface area contributed by atoms with Crippen LogP contribution in [0.15, 0.2) is 53.4 Å². The highest BCUT2D eigenvalue weighted by molar-refractivity contribution is 7.90. The molecule has 4 rings (SSSR count). The third-order valence-corrected chi connectivity index (χ3v) is 5.89. The first-order chi connectivity index (χ1) is 12.4. The van der Waals surface area contributed by atoms with E-state index in [-0.39, 0.29) is 5.82 Å². The van der Waals surface area contributed by atoms with Crippen molar-refractivity contribution >= 4 is 9.84 Å². The number of nitrogens with zero attached hydrogens (tertiary/aromatic N) is 2. The van der Waals surface area contributed by atoms with Crippen molar-refractivity contribution < 1.29 is 12.8 Å². The van der Waals surface area contributed by atoms with Crippen LogP contribution in [0.5, 0.6) is 0 Å². The third kappa shape index (κ3) is 3.05. The van der Waals surface area contributed by atoms with E-state index in [9.17, 15) is 12.8 Å². The Morgan fingerprint density at radius 1 is 0.962 bits per heavy atom. The van der Waals surface area contributed by atoms with Gasteiger partial charge in [0.05, 0.1) is 10.6 Å². The maximum atomic E-state index is 13.3. The normalized spacial score (nSPS) is 14.2. The van der Waals surface area contributed by atoms with Crippen LogP contribution < -0.4 is 0 Å². The quantitative estimate of drug-likeness (QED) is 0.701. The molecule has 0 N–H and O–H groups in total. The van der Waals surface area contributed by atoms with Crippen LogP contribution in [-0.2, 0) is 22.7 Å². The fourth-order valence-electron chi connectivity index (χ4n) is 3.45. The lowest BCUT2D eigenvalue weighted by atomic mass is 10.0. The van der Waals surface area contributed by atoms with Crippen LogP contribution in [0.4, 0.5) is 4.39 Å². The molecule has 6 heteroatoms. The van der Waals surface area contributed by atoms with Gasteiger partial charge < -0.3 is 0 Å². The molecule has 0 saturated carbocycles. The molecule has 1 aliphatic rings. The van der Waals surface area contributed by atoms with Crippen molar-refractivity contribution in [1.29, 1.82) is 0 Å². The van der Waals surface area contributed by atoms with Crippen molar-refractivity contribution in [2.75, 3.05) is 6.26 Å². The number of benzene rings is 2. The molecule has 1 aromatic heterocycles. The van der Waals surface area contributed by atoms with Gasteiger partial charge in [-0.1, -0.05) is 0 Å². The number of hydrogen-bond acceptors (Lipinski definition) is 3. The van der Waals surface area contributed by atoms with Gasteiger partial charge in [0, 0.05) is 23.2 Å². The average molecular weight is 370 g/mol. The minimum absolute atomic E-state index is 0.283. The Balaban J connectivity index is 1.89. The summed E-state index contributed by atoms with van der Waals surface area (Å²) in [5.74, 6) is 0.484. The molecule has 0 amide bonds. The first-order valence-electron chi connectivity index (χ1n) is 8.60. The molecule has 0 spiro atoms. The summed E-state index contributed by atoms with van der Waals surface area (Å²) in [6.07, 6.45) is 5.27. The zero-order valence-electron chi connectivity index (χ0n) is 14.4. The number of fused-ring (bicyclic) bond motifs is 1. The van der Waals surface area contributed by atoms with E-state index in [1.54, 1.807) is 36.4 Å². The van der Waals surface area contributed by atoms with Crippen LogP contribution in [-0.4, -0.2) is 24.2 Å². The molecule has 2 aromatic carbocycles. The molecule has 0 atom stereocenters. The van der Waals surface area contributed by atoms with Gasteiger partial charge in [-0.05, 0) is 74.2 Å². The minimum atomic E-state index is -3.24. The van der Waals surface area contributed by atoms with Crippen molar-refractivity contribution in [3.8, 4) is 17.1 Å². The second-order valence-electron chi connectivity index (χ2n) is 6.64. The summed E-state index contributed by atoms with van der Waals surface area (Å²) in [6.45, 7) is 0. The lowest BCUT2D eigenvalue weighted by Gasteiger charge is -2.16. The van der Waals surface area contributed by atoms with Crippen LogP contribution in [0.2, 0.25) is 0 Å². The van der Waals surface area contributed by atoms with E-state index in [1.807, 2.05) is 0 Å². The molecular weight excluding hydrogens is 351 g/mol. The molecule has 0 saturated heterocycles. The van der Waals surface area contributed by atoms with E-state index < -0.39 is 9.84 Å². The van der Waals surface area contributed by atoms with Crippen LogP contribution in [0.1, 0.15) is 24.2 Å². The van der Waals surface area contributed by atoms with Gasteiger partial charge in [0.15, 0.2) is 9.84 Å². The molecule has 1 aliphatic carbocycles. The maximum absolute atomic E-state index is 13.3. The van der Waals surface area contributed by atoms with Crippen molar-refractivity contribution in [2.45, 2.75) is 30.6 Å². The smallest absolute Gasteiger partial charge is 0.175 e. The number of hydrogen-bond donors (Lipinski definition) is 0. The van der Waals surface area contributed by atoms with Crippen LogP contribution in [0.3, 0.4) is 0 Å². The fourth-order valence-corrected chi connectivity index (χ4v) is 4.08. The topological polar surface area (TPSA) is 52.0 Å². The molecular formula is C20H19FN2O2S. The van der Waals surface area contributed by atoms with Gasteiger partial charge in [-0.3, -0.25) is 4.57 Å². The summed E-state index contributed by atoms with van der Waals surface area (Å²) < 4.78 is 38.9. The summed E-state index contributed by atoms with van der Waals surface area (Å²) >= 11 is 0. The predicted octanol–water partition coefficient (Wildman–Crippen LogP) is 3.96. The molecule has 3 aromatic rings. The highest BCUT2D eigenvalue weighted by Gasteiger charge is 2.22. The van der Waals surface area contributed by atoms with Crippen LogP contribution >= 0.6 is 0 Å². The van der Waals surface area contributed by atoms with Gasteiger partial charge in [-0.2, -0.15) is 0 Å². The summed E-state index contributed by atoms with van der Waals surface area (Å²) in [6, 6.07) is 13.2. The zero-order valence-corrected chi connectivity index (χ0v) is 15.3. The summed E-state index contributed by atoms with van der Waals surface area (Å²) in [7, 11) is -3.24. The number of rotatable bonds is 3. The number of imidazole rings is 1. The van der Waals surface area contributed by atoms with E-state index >= 15 is 0 Å². The van der Waals surface area contributed by atoms with E-state index in [1.165, 1.54) is 18.4 Å². The van der Waals surface area contributed by atoms with E-state index in [2.05, 4.69) is 4.57 Å². The SMILES string of the molecule is CS(=O)(=O)c1ccc(-n2c(-c3ccc(F)cc3)nc3c2CCCC3)cc1. The lowest BCUT2D eigenvalue weighted by Crippen LogP contribution is -2.08. The van der Waals surface area contributed by atoms with E-state index in [4.69, 9.17) is 4.98 Å². The first kappa shape index (κ1) is 17.0. The van der Waals surface area contributed by atoms with Crippen LogP contribution in [0, 0.1) is 5.82 Å². The van der Waals surface area contributed by atoms with E-state index in [0.29, 0.717) is 4.90 Å². The standard InChI is InChI=1S/C20H19FN2O2S/c1-26(24,25)17-12-10-16(11-13-17)23-19-5-3-2-4-18(19)22-20(23)14-6-8-15(21)9-7-14/h6-13H,2-5H2,1H3. The Morgan fingerprint density at radius 2 is 1.62 bits per heavy atom. The zero-order chi connectivity index (χ0) is 18.3.